The molecule has 0 spiro atoms. The van der Waals surface area contributed by atoms with E-state index in [0.717, 1.165) is 18.7 Å². The van der Waals surface area contributed by atoms with Crippen molar-refractivity contribution in [3.05, 3.63) is 23.5 Å². The summed E-state index contributed by atoms with van der Waals surface area (Å²) in [6.07, 6.45) is 5.15. The average Bonchev–Trinajstić information content (AvgIpc) is 2.64. The molecule has 0 aromatic carbocycles. The van der Waals surface area contributed by atoms with Gasteiger partial charge in [-0.2, -0.15) is 8.75 Å². The summed E-state index contributed by atoms with van der Waals surface area (Å²) in [5.74, 6) is 0. The molecule has 4 heteroatoms. The maximum atomic E-state index is 4.25. The molecule has 0 aliphatic rings. The predicted octanol–water partition coefficient (Wildman–Crippen LogP) is 2.55. The molecule has 0 radical (unpaired) electrons. The van der Waals surface area contributed by atoms with Gasteiger partial charge in [0.05, 0.1) is 29.7 Å². The number of nitrogens with zero attached hydrogens (tertiary/aromatic N) is 2. The van der Waals surface area contributed by atoms with E-state index in [2.05, 4.69) is 40.9 Å². The Kier molecular flexibility index (Phi) is 4.76. The fraction of sp³-hybridized carbons (Fsp3) is 0.600. The van der Waals surface area contributed by atoms with Gasteiger partial charge in [-0.15, -0.1) is 0 Å². The molecule has 0 aliphatic carbocycles. The summed E-state index contributed by atoms with van der Waals surface area (Å²) in [5, 5.41) is 3.43. The molecule has 0 amide bonds. The smallest absolute Gasteiger partial charge is 0.0951 e. The molecule has 0 fully saturated rings. The van der Waals surface area contributed by atoms with E-state index in [4.69, 9.17) is 0 Å². The Morgan fingerprint density at radius 1 is 1.64 bits per heavy atom. The lowest BCUT2D eigenvalue weighted by Crippen LogP contribution is -2.20. The fourth-order valence-electron chi connectivity index (χ4n) is 1.19. The minimum atomic E-state index is 0.221. The molecule has 1 N–H and O–H groups in total. The molecule has 1 aromatic rings. The number of aromatic nitrogens is 2. The van der Waals surface area contributed by atoms with Crippen LogP contribution in [0.15, 0.2) is 17.8 Å². The van der Waals surface area contributed by atoms with Crippen LogP contribution in [-0.4, -0.2) is 15.3 Å². The highest BCUT2D eigenvalue weighted by molar-refractivity contribution is 6.99. The second-order valence-corrected chi connectivity index (χ2v) is 4.06. The molecule has 0 saturated heterocycles. The maximum Gasteiger partial charge on any atom is 0.0951 e. The number of allylic oxidation sites excluding steroid dienone is 1. The largest absolute Gasteiger partial charge is 0.305 e. The number of hydrogen-bond donors (Lipinski definition) is 1. The van der Waals surface area contributed by atoms with Gasteiger partial charge in [-0.25, -0.2) is 0 Å². The maximum absolute atomic E-state index is 4.25. The van der Waals surface area contributed by atoms with Crippen LogP contribution in [0.1, 0.15) is 38.9 Å². The molecule has 1 heterocycles. The van der Waals surface area contributed by atoms with Crippen LogP contribution in [0.4, 0.5) is 0 Å². The van der Waals surface area contributed by atoms with Crippen LogP contribution in [0.2, 0.25) is 0 Å². The van der Waals surface area contributed by atoms with Crippen molar-refractivity contribution in [1.82, 2.24) is 14.1 Å². The SMILES string of the molecule is CCCNC(C=C(C)C)c1cnsn1. The highest BCUT2D eigenvalue weighted by Crippen LogP contribution is 2.13. The quantitative estimate of drug-likeness (QED) is 0.761. The Labute approximate surface area is 89.6 Å². The van der Waals surface area contributed by atoms with Crippen LogP contribution < -0.4 is 5.32 Å². The van der Waals surface area contributed by atoms with E-state index in [1.165, 1.54) is 17.3 Å². The summed E-state index contributed by atoms with van der Waals surface area (Å²) >= 11 is 1.26. The van der Waals surface area contributed by atoms with E-state index < -0.39 is 0 Å². The van der Waals surface area contributed by atoms with Crippen LogP contribution >= 0.6 is 11.7 Å². The van der Waals surface area contributed by atoms with Crippen LogP contribution in [0.5, 0.6) is 0 Å². The summed E-state index contributed by atoms with van der Waals surface area (Å²) in [5.41, 5.74) is 2.32. The third-order valence-corrected chi connectivity index (χ3v) is 2.30. The zero-order valence-corrected chi connectivity index (χ0v) is 9.77. The lowest BCUT2D eigenvalue weighted by molar-refractivity contribution is 0.601. The van der Waals surface area contributed by atoms with E-state index >= 15 is 0 Å². The third kappa shape index (κ3) is 3.55. The van der Waals surface area contributed by atoms with E-state index in [9.17, 15) is 0 Å². The Hall–Kier alpha value is -0.740. The van der Waals surface area contributed by atoms with Crippen molar-refractivity contribution < 1.29 is 0 Å². The summed E-state index contributed by atoms with van der Waals surface area (Å²) in [7, 11) is 0. The highest BCUT2D eigenvalue weighted by Gasteiger charge is 2.09. The third-order valence-electron chi connectivity index (χ3n) is 1.81. The van der Waals surface area contributed by atoms with E-state index in [-0.39, 0.29) is 6.04 Å². The standard InChI is InChI=1S/C10H17N3S/c1-4-5-11-9(6-8(2)3)10-7-12-14-13-10/h6-7,9,11H,4-5H2,1-3H3. The molecule has 1 atom stereocenters. The van der Waals surface area contributed by atoms with Crippen molar-refractivity contribution in [2.24, 2.45) is 0 Å². The van der Waals surface area contributed by atoms with Gasteiger partial charge >= 0.3 is 0 Å². The molecule has 0 bridgehead atoms. The van der Waals surface area contributed by atoms with Gasteiger partial charge in [0.25, 0.3) is 0 Å². The Balaban J connectivity index is 2.67. The van der Waals surface area contributed by atoms with Gasteiger partial charge in [0.2, 0.25) is 0 Å². The predicted molar refractivity (Wildman–Crippen MR) is 60.4 cm³/mol. The van der Waals surface area contributed by atoms with Crippen LogP contribution in [0, 0.1) is 0 Å². The molecule has 1 unspecified atom stereocenters. The minimum Gasteiger partial charge on any atom is -0.305 e. The lowest BCUT2D eigenvalue weighted by Gasteiger charge is -2.11. The number of nitrogens with one attached hydrogen (secondary N) is 1. The topological polar surface area (TPSA) is 37.8 Å². The van der Waals surface area contributed by atoms with E-state index in [1.54, 1.807) is 0 Å². The summed E-state index contributed by atoms with van der Waals surface area (Å²) in [6, 6.07) is 0.221. The highest BCUT2D eigenvalue weighted by atomic mass is 32.1. The van der Waals surface area contributed by atoms with E-state index in [0.29, 0.717) is 0 Å². The van der Waals surface area contributed by atoms with Gasteiger partial charge < -0.3 is 5.32 Å². The molecule has 78 valence electrons. The second kappa shape index (κ2) is 5.88. The molecule has 0 saturated carbocycles. The molecule has 3 nitrogen and oxygen atoms in total. The molecule has 1 aromatic heterocycles. The zero-order valence-electron chi connectivity index (χ0n) is 8.95. The van der Waals surface area contributed by atoms with Crippen molar-refractivity contribution in [2.45, 2.75) is 33.2 Å². The van der Waals surface area contributed by atoms with E-state index in [1.807, 2.05) is 6.20 Å². The van der Waals surface area contributed by atoms with Crippen LogP contribution in [0.3, 0.4) is 0 Å². The molecular formula is C10H17N3S. The van der Waals surface area contributed by atoms with Crippen molar-refractivity contribution >= 4 is 11.7 Å². The van der Waals surface area contributed by atoms with Crippen LogP contribution in [-0.2, 0) is 0 Å². The summed E-state index contributed by atoms with van der Waals surface area (Å²) < 4.78 is 8.27. The fourth-order valence-corrected chi connectivity index (χ4v) is 1.65. The molecular weight excluding hydrogens is 194 g/mol. The lowest BCUT2D eigenvalue weighted by atomic mass is 10.1. The minimum absolute atomic E-state index is 0.221. The van der Waals surface area contributed by atoms with Gasteiger partial charge in [0.15, 0.2) is 0 Å². The number of hydrogen-bond acceptors (Lipinski definition) is 4. The second-order valence-electron chi connectivity index (χ2n) is 3.51. The molecule has 1 rings (SSSR count). The monoisotopic (exact) mass is 211 g/mol. The van der Waals surface area contributed by atoms with Gasteiger partial charge in [-0.3, -0.25) is 0 Å². The van der Waals surface area contributed by atoms with Crippen molar-refractivity contribution in [3.63, 3.8) is 0 Å². The van der Waals surface area contributed by atoms with Crippen molar-refractivity contribution in [2.75, 3.05) is 6.54 Å². The Bertz CT molecular complexity index is 276. The summed E-state index contributed by atoms with van der Waals surface area (Å²) in [6.45, 7) is 7.36. The van der Waals surface area contributed by atoms with Gasteiger partial charge in [-0.1, -0.05) is 18.6 Å². The Morgan fingerprint density at radius 2 is 2.43 bits per heavy atom. The van der Waals surface area contributed by atoms with Gasteiger partial charge in [0.1, 0.15) is 0 Å². The average molecular weight is 211 g/mol. The number of rotatable bonds is 5. The first kappa shape index (κ1) is 11.3. The first-order valence-electron chi connectivity index (χ1n) is 4.90. The summed E-state index contributed by atoms with van der Waals surface area (Å²) in [4.78, 5) is 0. The van der Waals surface area contributed by atoms with Gasteiger partial charge in [0, 0.05) is 0 Å². The first-order valence-corrected chi connectivity index (χ1v) is 5.63. The normalized spacial score (nSPS) is 12.5. The first-order chi connectivity index (χ1) is 6.74. The van der Waals surface area contributed by atoms with Gasteiger partial charge in [-0.05, 0) is 26.8 Å². The van der Waals surface area contributed by atoms with Crippen LogP contribution in [0.25, 0.3) is 0 Å². The van der Waals surface area contributed by atoms with Crippen molar-refractivity contribution in [1.29, 1.82) is 0 Å². The molecule has 14 heavy (non-hydrogen) atoms. The van der Waals surface area contributed by atoms with Crippen molar-refractivity contribution in [3.8, 4) is 0 Å². The Morgan fingerprint density at radius 3 is 2.93 bits per heavy atom. The zero-order chi connectivity index (χ0) is 10.4. The molecule has 0 aliphatic heterocycles.